The highest BCUT2D eigenvalue weighted by Crippen LogP contribution is 2.14. The van der Waals surface area contributed by atoms with Gasteiger partial charge in [0.25, 0.3) is 5.91 Å². The molecule has 1 aliphatic rings. The number of rotatable bonds is 4. The van der Waals surface area contributed by atoms with Crippen LogP contribution in [0.3, 0.4) is 0 Å². The fourth-order valence-electron chi connectivity index (χ4n) is 3.55. The van der Waals surface area contributed by atoms with Crippen LogP contribution in [0.15, 0.2) is 57.7 Å². The summed E-state index contributed by atoms with van der Waals surface area (Å²) in [6.45, 7) is 1.81. The molecule has 7 nitrogen and oxygen atoms in total. The second-order valence-corrected chi connectivity index (χ2v) is 6.92. The van der Waals surface area contributed by atoms with Crippen LogP contribution in [-0.4, -0.2) is 52.4 Å². The molecule has 0 aliphatic carbocycles. The van der Waals surface area contributed by atoms with E-state index in [0.29, 0.717) is 42.8 Å². The molecule has 0 spiro atoms. The first kappa shape index (κ1) is 18.9. The highest BCUT2D eigenvalue weighted by molar-refractivity contribution is 5.94. The predicted octanol–water partition coefficient (Wildman–Crippen LogP) is 2.11. The molecule has 150 valence electrons. The summed E-state index contributed by atoms with van der Waals surface area (Å²) in [5.74, 6) is -1.26. The third-order valence-corrected chi connectivity index (χ3v) is 5.11. The van der Waals surface area contributed by atoms with Gasteiger partial charge in [0.2, 0.25) is 5.91 Å². The van der Waals surface area contributed by atoms with Crippen molar-refractivity contribution < 1.29 is 18.4 Å². The summed E-state index contributed by atoms with van der Waals surface area (Å²) in [7, 11) is 0. The maximum atomic E-state index is 13.3. The summed E-state index contributed by atoms with van der Waals surface area (Å²) in [4.78, 5) is 40.3. The maximum Gasteiger partial charge on any atom is 0.419 e. The van der Waals surface area contributed by atoms with Gasteiger partial charge in [-0.2, -0.15) is 0 Å². The molecule has 29 heavy (non-hydrogen) atoms. The van der Waals surface area contributed by atoms with Crippen molar-refractivity contribution in [2.75, 3.05) is 26.2 Å². The van der Waals surface area contributed by atoms with Gasteiger partial charge in [-0.15, -0.1) is 0 Å². The molecule has 8 heteroatoms. The van der Waals surface area contributed by atoms with Crippen molar-refractivity contribution in [2.45, 2.75) is 13.0 Å². The number of halogens is 1. The maximum absolute atomic E-state index is 13.3. The summed E-state index contributed by atoms with van der Waals surface area (Å²) >= 11 is 0. The van der Waals surface area contributed by atoms with Gasteiger partial charge in [-0.25, -0.2) is 9.18 Å². The summed E-state index contributed by atoms with van der Waals surface area (Å²) in [5.41, 5.74) is 1.46. The number of fused-ring (bicyclic) bond motifs is 1. The van der Waals surface area contributed by atoms with Crippen molar-refractivity contribution in [2.24, 2.45) is 0 Å². The quantitative estimate of drug-likeness (QED) is 0.676. The molecule has 0 unspecified atom stereocenters. The van der Waals surface area contributed by atoms with Gasteiger partial charge < -0.3 is 14.2 Å². The monoisotopic (exact) mass is 397 g/mol. The van der Waals surface area contributed by atoms with E-state index in [0.717, 1.165) is 0 Å². The molecule has 1 saturated heterocycles. The van der Waals surface area contributed by atoms with Gasteiger partial charge in [0.15, 0.2) is 5.58 Å². The zero-order valence-corrected chi connectivity index (χ0v) is 15.7. The van der Waals surface area contributed by atoms with Crippen LogP contribution < -0.4 is 5.76 Å². The van der Waals surface area contributed by atoms with E-state index >= 15 is 0 Å². The van der Waals surface area contributed by atoms with Crippen molar-refractivity contribution in [1.29, 1.82) is 0 Å². The van der Waals surface area contributed by atoms with Gasteiger partial charge in [0, 0.05) is 44.7 Å². The Hall–Kier alpha value is -3.42. The Kier molecular flexibility index (Phi) is 5.16. The lowest BCUT2D eigenvalue weighted by molar-refractivity contribution is -0.132. The third kappa shape index (κ3) is 3.91. The number of benzene rings is 2. The Labute approximate surface area is 165 Å². The van der Waals surface area contributed by atoms with Crippen LogP contribution in [0.25, 0.3) is 11.1 Å². The fourth-order valence-corrected chi connectivity index (χ4v) is 3.55. The van der Waals surface area contributed by atoms with Crippen LogP contribution in [0.1, 0.15) is 16.8 Å². The highest BCUT2D eigenvalue weighted by Gasteiger charge is 2.25. The number of piperazine rings is 1. The van der Waals surface area contributed by atoms with E-state index in [1.807, 2.05) is 6.07 Å². The molecule has 0 saturated carbocycles. The standard InChI is InChI=1S/C21H20FN3O4/c22-16-5-3-4-15(14-16)20(27)24-12-10-23(11-13-24)19(26)8-9-25-17-6-1-2-7-18(17)29-21(25)28/h1-7,14H,8-13H2. The van der Waals surface area contributed by atoms with Gasteiger partial charge in [-0.1, -0.05) is 18.2 Å². The first-order chi connectivity index (χ1) is 14.0. The molecule has 0 bridgehead atoms. The van der Waals surface area contributed by atoms with E-state index in [1.54, 1.807) is 34.1 Å². The Morgan fingerprint density at radius 2 is 1.69 bits per heavy atom. The lowest BCUT2D eigenvalue weighted by Crippen LogP contribution is -2.50. The first-order valence-electron chi connectivity index (χ1n) is 9.44. The van der Waals surface area contributed by atoms with Crippen molar-refractivity contribution >= 4 is 22.9 Å². The second kappa shape index (κ2) is 7.90. The van der Waals surface area contributed by atoms with Crippen LogP contribution in [0.4, 0.5) is 4.39 Å². The number of nitrogens with zero attached hydrogens (tertiary/aromatic N) is 3. The van der Waals surface area contributed by atoms with Crippen LogP contribution in [0, 0.1) is 5.82 Å². The normalized spacial score (nSPS) is 14.4. The van der Waals surface area contributed by atoms with Crippen LogP contribution in [0.5, 0.6) is 0 Å². The summed E-state index contributed by atoms with van der Waals surface area (Å²) in [5, 5.41) is 0. The first-order valence-corrected chi connectivity index (χ1v) is 9.44. The highest BCUT2D eigenvalue weighted by atomic mass is 19.1. The average molecular weight is 397 g/mol. The lowest BCUT2D eigenvalue weighted by atomic mass is 10.1. The Morgan fingerprint density at radius 1 is 0.966 bits per heavy atom. The van der Waals surface area contributed by atoms with Gasteiger partial charge in [-0.3, -0.25) is 14.2 Å². The molecule has 4 rings (SSSR count). The molecule has 0 N–H and O–H groups in total. The van der Waals surface area contributed by atoms with Crippen molar-refractivity contribution in [3.8, 4) is 0 Å². The summed E-state index contributed by atoms with van der Waals surface area (Å²) in [6.07, 6.45) is 0.168. The van der Waals surface area contributed by atoms with E-state index in [4.69, 9.17) is 4.42 Å². The molecule has 3 aromatic rings. The summed E-state index contributed by atoms with van der Waals surface area (Å²) < 4.78 is 20.0. The van der Waals surface area contributed by atoms with Crippen molar-refractivity contribution in [1.82, 2.24) is 14.4 Å². The van der Waals surface area contributed by atoms with E-state index in [1.165, 1.54) is 22.8 Å². The number of oxazole rings is 1. The number of aryl methyl sites for hydroxylation is 1. The van der Waals surface area contributed by atoms with Gasteiger partial charge in [0.05, 0.1) is 5.52 Å². The fraction of sp³-hybridized carbons (Fsp3) is 0.286. The Balaban J connectivity index is 1.34. The van der Waals surface area contributed by atoms with E-state index in [-0.39, 0.29) is 24.8 Å². The smallest absolute Gasteiger partial charge is 0.408 e. The molecular weight excluding hydrogens is 377 g/mol. The number of amides is 2. The SMILES string of the molecule is O=C(CCn1c(=O)oc2ccccc21)N1CCN(C(=O)c2cccc(F)c2)CC1. The van der Waals surface area contributed by atoms with E-state index < -0.39 is 11.6 Å². The minimum absolute atomic E-state index is 0.0833. The molecule has 0 radical (unpaired) electrons. The van der Waals surface area contributed by atoms with Crippen LogP contribution in [0.2, 0.25) is 0 Å². The molecule has 0 atom stereocenters. The van der Waals surface area contributed by atoms with E-state index in [2.05, 4.69) is 0 Å². The molecule has 1 fully saturated rings. The van der Waals surface area contributed by atoms with Gasteiger partial charge in [-0.05, 0) is 30.3 Å². The minimum Gasteiger partial charge on any atom is -0.408 e. The van der Waals surface area contributed by atoms with Crippen LogP contribution in [-0.2, 0) is 11.3 Å². The molecular formula is C21H20FN3O4. The largest absolute Gasteiger partial charge is 0.419 e. The Morgan fingerprint density at radius 3 is 2.45 bits per heavy atom. The van der Waals surface area contributed by atoms with Gasteiger partial charge in [0.1, 0.15) is 5.82 Å². The zero-order valence-electron chi connectivity index (χ0n) is 15.7. The van der Waals surface area contributed by atoms with Crippen LogP contribution >= 0.6 is 0 Å². The van der Waals surface area contributed by atoms with Gasteiger partial charge >= 0.3 is 5.76 Å². The molecule has 1 aromatic heterocycles. The number of carbonyl (C=O) groups is 2. The lowest BCUT2D eigenvalue weighted by Gasteiger charge is -2.35. The summed E-state index contributed by atoms with van der Waals surface area (Å²) in [6, 6.07) is 12.7. The number of hydrogen-bond acceptors (Lipinski definition) is 4. The number of para-hydroxylation sites is 2. The average Bonchev–Trinajstić information content (AvgIpc) is 3.06. The molecule has 1 aliphatic heterocycles. The second-order valence-electron chi connectivity index (χ2n) is 6.92. The molecule has 2 amide bonds. The molecule has 2 heterocycles. The molecule has 2 aromatic carbocycles. The topological polar surface area (TPSA) is 75.8 Å². The number of carbonyl (C=O) groups excluding carboxylic acids is 2. The van der Waals surface area contributed by atoms with Crippen molar-refractivity contribution in [3.05, 3.63) is 70.5 Å². The third-order valence-electron chi connectivity index (χ3n) is 5.11. The number of hydrogen-bond donors (Lipinski definition) is 0. The number of aromatic nitrogens is 1. The van der Waals surface area contributed by atoms with E-state index in [9.17, 15) is 18.8 Å². The zero-order chi connectivity index (χ0) is 20.4. The minimum atomic E-state index is -0.482. The van der Waals surface area contributed by atoms with Crippen molar-refractivity contribution in [3.63, 3.8) is 0 Å². The Bertz CT molecular complexity index is 1110. The predicted molar refractivity (Wildman–Crippen MR) is 104 cm³/mol.